The number of halogens is 1. The van der Waals surface area contributed by atoms with Crippen LogP contribution in [0, 0.1) is 5.82 Å². The van der Waals surface area contributed by atoms with Crippen LogP contribution in [0.15, 0.2) is 29.3 Å². The maximum atomic E-state index is 13.1. The zero-order chi connectivity index (χ0) is 17.2. The van der Waals surface area contributed by atoms with Gasteiger partial charge in [-0.3, -0.25) is 9.79 Å². The Morgan fingerprint density at radius 2 is 2.12 bits per heavy atom. The van der Waals surface area contributed by atoms with Gasteiger partial charge in [-0.2, -0.15) is 0 Å². The van der Waals surface area contributed by atoms with Crippen LogP contribution in [0.5, 0.6) is 0 Å². The number of ether oxygens (including phenoxy) is 1. The number of rotatable bonds is 7. The third-order valence-corrected chi connectivity index (χ3v) is 4.02. The first kappa shape index (κ1) is 18.2. The number of nitrogens with zero attached hydrogens (tertiary/aromatic N) is 1. The fraction of sp³-hybridized carbons (Fsp3) is 0.556. The summed E-state index contributed by atoms with van der Waals surface area (Å²) in [6.45, 7) is 1.11. The molecule has 0 bridgehead atoms. The van der Waals surface area contributed by atoms with E-state index in [0.717, 1.165) is 31.2 Å². The van der Waals surface area contributed by atoms with Crippen molar-refractivity contribution in [1.29, 1.82) is 0 Å². The molecule has 1 aromatic carbocycles. The second-order valence-electron chi connectivity index (χ2n) is 5.98. The molecule has 1 aromatic rings. The van der Waals surface area contributed by atoms with E-state index in [9.17, 15) is 9.18 Å². The van der Waals surface area contributed by atoms with Gasteiger partial charge in [-0.1, -0.05) is 12.1 Å². The van der Waals surface area contributed by atoms with Crippen LogP contribution < -0.4 is 10.6 Å². The van der Waals surface area contributed by atoms with E-state index in [1.165, 1.54) is 12.1 Å². The summed E-state index contributed by atoms with van der Waals surface area (Å²) in [5, 5.41) is 6.26. The summed E-state index contributed by atoms with van der Waals surface area (Å²) in [6, 6.07) is 6.43. The Balaban J connectivity index is 1.60. The minimum atomic E-state index is -0.252. The number of nitrogens with one attached hydrogen (secondary N) is 2. The molecule has 5 nitrogen and oxygen atoms in total. The molecule has 0 atom stereocenters. The molecule has 1 saturated carbocycles. The molecule has 1 aliphatic rings. The Labute approximate surface area is 142 Å². The molecular weight excluding hydrogens is 309 g/mol. The van der Waals surface area contributed by atoms with Crippen molar-refractivity contribution in [1.82, 2.24) is 10.6 Å². The maximum Gasteiger partial charge on any atom is 0.306 e. The van der Waals surface area contributed by atoms with Gasteiger partial charge in [-0.25, -0.2) is 4.39 Å². The van der Waals surface area contributed by atoms with Crippen molar-refractivity contribution in [3.05, 3.63) is 35.6 Å². The summed E-state index contributed by atoms with van der Waals surface area (Å²) < 4.78 is 18.5. The molecule has 0 saturated heterocycles. The van der Waals surface area contributed by atoms with Gasteiger partial charge >= 0.3 is 5.97 Å². The summed E-state index contributed by atoms with van der Waals surface area (Å²) in [5.74, 6) is 0.257. The van der Waals surface area contributed by atoms with Crippen LogP contribution in [0.2, 0.25) is 0 Å². The third kappa shape index (κ3) is 6.56. The second kappa shape index (κ2) is 9.90. The van der Waals surface area contributed by atoms with Gasteiger partial charge in [-0.15, -0.1) is 0 Å². The number of guanidine groups is 1. The van der Waals surface area contributed by atoms with E-state index >= 15 is 0 Å². The summed E-state index contributed by atoms with van der Waals surface area (Å²) in [4.78, 5) is 15.8. The van der Waals surface area contributed by atoms with E-state index in [1.807, 2.05) is 6.07 Å². The summed E-state index contributed by atoms with van der Waals surface area (Å²) >= 11 is 0. The van der Waals surface area contributed by atoms with Crippen LogP contribution in [0.4, 0.5) is 4.39 Å². The predicted octanol–water partition coefficient (Wildman–Crippen LogP) is 2.76. The largest absolute Gasteiger partial charge is 0.462 e. The van der Waals surface area contributed by atoms with Crippen molar-refractivity contribution in [2.75, 3.05) is 13.6 Å². The Morgan fingerprint density at radius 1 is 1.33 bits per heavy atom. The van der Waals surface area contributed by atoms with Crippen molar-refractivity contribution < 1.29 is 13.9 Å². The predicted molar refractivity (Wildman–Crippen MR) is 92.2 cm³/mol. The Hall–Kier alpha value is -2.11. The number of aliphatic imine (C=N–C) groups is 1. The van der Waals surface area contributed by atoms with Crippen LogP contribution in [0.1, 0.15) is 44.1 Å². The highest BCUT2D eigenvalue weighted by atomic mass is 19.1. The van der Waals surface area contributed by atoms with E-state index in [0.29, 0.717) is 31.9 Å². The van der Waals surface area contributed by atoms with Crippen molar-refractivity contribution in [3.63, 3.8) is 0 Å². The van der Waals surface area contributed by atoms with Gasteiger partial charge < -0.3 is 15.4 Å². The van der Waals surface area contributed by atoms with E-state index in [-0.39, 0.29) is 17.9 Å². The zero-order valence-corrected chi connectivity index (χ0v) is 14.2. The number of carbonyl (C=O) groups excluding carboxylic acids is 1. The first-order valence-corrected chi connectivity index (χ1v) is 8.56. The normalized spacial score (nSPS) is 15.3. The SMILES string of the molecule is CN=C(NCCCC(=O)OC1CCCC1)NCc1cccc(F)c1. The van der Waals surface area contributed by atoms with Crippen LogP contribution in [-0.2, 0) is 16.1 Å². The van der Waals surface area contributed by atoms with Crippen molar-refractivity contribution in [2.24, 2.45) is 4.99 Å². The Bertz CT molecular complexity index is 557. The number of hydrogen-bond donors (Lipinski definition) is 2. The van der Waals surface area contributed by atoms with E-state index in [2.05, 4.69) is 15.6 Å². The quantitative estimate of drug-likeness (QED) is 0.348. The van der Waals surface area contributed by atoms with E-state index < -0.39 is 0 Å². The van der Waals surface area contributed by atoms with Gasteiger partial charge in [0.1, 0.15) is 11.9 Å². The second-order valence-corrected chi connectivity index (χ2v) is 5.98. The molecule has 0 spiro atoms. The Morgan fingerprint density at radius 3 is 2.83 bits per heavy atom. The van der Waals surface area contributed by atoms with E-state index in [4.69, 9.17) is 4.74 Å². The highest BCUT2D eigenvalue weighted by Crippen LogP contribution is 2.21. The first-order valence-electron chi connectivity index (χ1n) is 8.56. The lowest BCUT2D eigenvalue weighted by molar-refractivity contribution is -0.148. The summed E-state index contributed by atoms with van der Waals surface area (Å²) in [6.07, 6.45) is 5.54. The molecule has 0 amide bonds. The molecule has 0 aromatic heterocycles. The first-order chi connectivity index (χ1) is 11.7. The van der Waals surface area contributed by atoms with Crippen LogP contribution in [0.3, 0.4) is 0 Å². The number of hydrogen-bond acceptors (Lipinski definition) is 3. The molecule has 0 heterocycles. The average Bonchev–Trinajstić information content (AvgIpc) is 3.07. The topological polar surface area (TPSA) is 62.7 Å². The van der Waals surface area contributed by atoms with Gasteiger partial charge in [0.15, 0.2) is 5.96 Å². The van der Waals surface area contributed by atoms with Crippen LogP contribution in [-0.4, -0.2) is 31.6 Å². The molecule has 0 radical (unpaired) electrons. The van der Waals surface area contributed by atoms with Crippen molar-refractivity contribution in [3.8, 4) is 0 Å². The van der Waals surface area contributed by atoms with Gasteiger partial charge in [0, 0.05) is 26.6 Å². The maximum absolute atomic E-state index is 13.1. The molecule has 0 unspecified atom stereocenters. The minimum absolute atomic E-state index is 0.119. The van der Waals surface area contributed by atoms with Gasteiger partial charge in [-0.05, 0) is 49.8 Å². The molecule has 0 aliphatic heterocycles. The third-order valence-electron chi connectivity index (χ3n) is 4.02. The number of carbonyl (C=O) groups is 1. The van der Waals surface area contributed by atoms with Crippen LogP contribution in [0.25, 0.3) is 0 Å². The number of benzene rings is 1. The summed E-state index contributed by atoms with van der Waals surface area (Å²) in [5.41, 5.74) is 0.845. The minimum Gasteiger partial charge on any atom is -0.462 e. The van der Waals surface area contributed by atoms with E-state index in [1.54, 1.807) is 13.1 Å². The standard InChI is InChI=1S/C18H26FN3O2/c1-20-18(22-13-14-6-4-7-15(19)12-14)21-11-5-10-17(23)24-16-8-2-3-9-16/h4,6-7,12,16H,2-3,5,8-11,13H2,1H3,(H2,20,21,22). The molecule has 2 N–H and O–H groups in total. The molecular formula is C18H26FN3O2. The van der Waals surface area contributed by atoms with Gasteiger partial charge in [0.25, 0.3) is 0 Å². The van der Waals surface area contributed by atoms with Crippen molar-refractivity contribution in [2.45, 2.75) is 51.2 Å². The lowest BCUT2D eigenvalue weighted by Gasteiger charge is -2.13. The lowest BCUT2D eigenvalue weighted by atomic mass is 10.2. The number of esters is 1. The molecule has 1 aliphatic carbocycles. The Kier molecular flexibility index (Phi) is 7.52. The van der Waals surface area contributed by atoms with Gasteiger partial charge in [0.05, 0.1) is 0 Å². The fourth-order valence-corrected chi connectivity index (χ4v) is 2.74. The van der Waals surface area contributed by atoms with Gasteiger partial charge in [0.2, 0.25) is 0 Å². The average molecular weight is 335 g/mol. The monoisotopic (exact) mass is 335 g/mol. The van der Waals surface area contributed by atoms with Crippen molar-refractivity contribution >= 4 is 11.9 Å². The smallest absolute Gasteiger partial charge is 0.306 e. The highest BCUT2D eigenvalue weighted by Gasteiger charge is 2.18. The zero-order valence-electron chi connectivity index (χ0n) is 14.2. The molecule has 1 fully saturated rings. The lowest BCUT2D eigenvalue weighted by Crippen LogP contribution is -2.37. The fourth-order valence-electron chi connectivity index (χ4n) is 2.74. The highest BCUT2D eigenvalue weighted by molar-refractivity contribution is 5.79. The molecule has 2 rings (SSSR count). The summed E-state index contributed by atoms with van der Waals surface area (Å²) in [7, 11) is 1.68. The van der Waals surface area contributed by atoms with Crippen LogP contribution >= 0.6 is 0 Å². The molecule has 132 valence electrons. The molecule has 6 heteroatoms. The molecule has 24 heavy (non-hydrogen) atoms.